The average molecular weight is 462 g/mol. The fourth-order valence-corrected chi connectivity index (χ4v) is 4.62. The van der Waals surface area contributed by atoms with Crippen LogP contribution >= 0.6 is 23.4 Å². The van der Waals surface area contributed by atoms with Crippen molar-refractivity contribution in [2.45, 2.75) is 37.2 Å². The Morgan fingerprint density at radius 3 is 2.31 bits per heavy atom. The predicted molar refractivity (Wildman–Crippen MR) is 131 cm³/mol. The highest BCUT2D eigenvalue weighted by atomic mass is 35.5. The molecule has 3 aromatic carbocycles. The van der Waals surface area contributed by atoms with Crippen LogP contribution in [-0.2, 0) is 13.0 Å². The Kier molecular flexibility index (Phi) is 7.08. The summed E-state index contributed by atoms with van der Waals surface area (Å²) < 4.78 is 2.03. The molecule has 0 amide bonds. The second-order valence-electron chi connectivity index (χ2n) is 7.53. The molecule has 0 saturated carbocycles. The fourth-order valence-electron chi connectivity index (χ4n) is 3.48. The van der Waals surface area contributed by atoms with Gasteiger partial charge < -0.3 is 0 Å². The van der Waals surface area contributed by atoms with Gasteiger partial charge in [0, 0.05) is 11.1 Å². The van der Waals surface area contributed by atoms with E-state index in [1.54, 1.807) is 0 Å². The molecule has 0 spiro atoms. The Morgan fingerprint density at radius 2 is 1.62 bits per heavy atom. The van der Waals surface area contributed by atoms with Crippen molar-refractivity contribution < 1.29 is 4.79 Å². The van der Waals surface area contributed by atoms with Gasteiger partial charge in [-0.15, -0.1) is 10.2 Å². The topological polar surface area (TPSA) is 47.8 Å². The molecule has 1 atom stereocenters. The summed E-state index contributed by atoms with van der Waals surface area (Å²) >= 11 is 7.88. The number of carbonyl (C=O) groups excluding carboxylic acids is 1. The lowest BCUT2D eigenvalue weighted by Crippen LogP contribution is -2.15. The van der Waals surface area contributed by atoms with Gasteiger partial charge in [-0.3, -0.25) is 9.36 Å². The molecule has 0 aliphatic heterocycles. The number of benzene rings is 3. The van der Waals surface area contributed by atoms with Crippen LogP contribution in [0.25, 0.3) is 11.4 Å². The summed E-state index contributed by atoms with van der Waals surface area (Å²) in [5.74, 6) is 0.764. The minimum absolute atomic E-state index is 0.0752. The van der Waals surface area contributed by atoms with Crippen LogP contribution in [0.5, 0.6) is 0 Å². The number of halogens is 1. The zero-order valence-electron chi connectivity index (χ0n) is 18.0. The number of ketones is 1. The van der Waals surface area contributed by atoms with Crippen molar-refractivity contribution in [3.05, 3.63) is 101 Å². The number of aryl methyl sites for hydroxylation is 1. The van der Waals surface area contributed by atoms with Gasteiger partial charge in [0.2, 0.25) is 0 Å². The first-order chi connectivity index (χ1) is 15.6. The molecule has 0 fully saturated rings. The Hall–Kier alpha value is -2.89. The van der Waals surface area contributed by atoms with Crippen LogP contribution in [0.2, 0.25) is 5.02 Å². The van der Waals surface area contributed by atoms with Crippen molar-refractivity contribution >= 4 is 29.1 Å². The van der Waals surface area contributed by atoms with Crippen molar-refractivity contribution in [1.29, 1.82) is 0 Å². The Labute approximate surface area is 197 Å². The van der Waals surface area contributed by atoms with Crippen LogP contribution < -0.4 is 0 Å². The van der Waals surface area contributed by atoms with E-state index in [0.29, 0.717) is 28.1 Å². The molecule has 162 valence electrons. The summed E-state index contributed by atoms with van der Waals surface area (Å²) in [6, 6.07) is 25.6. The van der Waals surface area contributed by atoms with Crippen LogP contribution in [0.4, 0.5) is 0 Å². The Bertz CT molecular complexity index is 1210. The van der Waals surface area contributed by atoms with Crippen LogP contribution in [0.15, 0.2) is 84.0 Å². The van der Waals surface area contributed by atoms with Crippen LogP contribution in [0.3, 0.4) is 0 Å². The first-order valence-electron chi connectivity index (χ1n) is 10.6. The van der Waals surface area contributed by atoms with Gasteiger partial charge in [-0.05, 0) is 36.6 Å². The molecule has 1 aromatic heterocycles. The van der Waals surface area contributed by atoms with E-state index >= 15 is 0 Å². The van der Waals surface area contributed by atoms with Gasteiger partial charge >= 0.3 is 0 Å². The van der Waals surface area contributed by atoms with E-state index < -0.39 is 0 Å². The van der Waals surface area contributed by atoms with E-state index in [1.807, 2.05) is 78.2 Å². The highest BCUT2D eigenvalue weighted by Gasteiger charge is 2.22. The quantitative estimate of drug-likeness (QED) is 0.220. The lowest BCUT2D eigenvalue weighted by Gasteiger charge is -2.14. The number of nitrogens with zero attached hydrogens (tertiary/aromatic N) is 3. The van der Waals surface area contributed by atoms with E-state index in [1.165, 1.54) is 17.3 Å². The van der Waals surface area contributed by atoms with Gasteiger partial charge in [-0.1, -0.05) is 97.0 Å². The maximum atomic E-state index is 13.0. The van der Waals surface area contributed by atoms with Gasteiger partial charge in [0.1, 0.15) is 0 Å². The third kappa shape index (κ3) is 4.95. The number of aromatic nitrogens is 3. The van der Waals surface area contributed by atoms with Crippen molar-refractivity contribution in [3.8, 4) is 11.4 Å². The summed E-state index contributed by atoms with van der Waals surface area (Å²) in [5.41, 5.74) is 3.87. The van der Waals surface area contributed by atoms with Crippen molar-refractivity contribution in [1.82, 2.24) is 14.8 Å². The molecule has 1 heterocycles. The summed E-state index contributed by atoms with van der Waals surface area (Å²) in [5, 5.41) is 9.89. The lowest BCUT2D eigenvalue weighted by molar-refractivity contribution is 0.0994. The number of hydrogen-bond donors (Lipinski definition) is 0. The van der Waals surface area contributed by atoms with Crippen LogP contribution in [0, 0.1) is 0 Å². The van der Waals surface area contributed by atoms with Crippen molar-refractivity contribution in [2.75, 3.05) is 0 Å². The zero-order valence-corrected chi connectivity index (χ0v) is 19.6. The smallest absolute Gasteiger partial charge is 0.192 e. The van der Waals surface area contributed by atoms with Gasteiger partial charge in [0.25, 0.3) is 0 Å². The van der Waals surface area contributed by atoms with Crippen LogP contribution in [-0.4, -0.2) is 25.8 Å². The average Bonchev–Trinajstić information content (AvgIpc) is 3.21. The minimum atomic E-state index is -0.305. The number of rotatable bonds is 8. The summed E-state index contributed by atoms with van der Waals surface area (Å²) in [6.07, 6.45) is 0.951. The zero-order chi connectivity index (χ0) is 22.5. The lowest BCUT2D eigenvalue weighted by atomic mass is 10.1. The highest BCUT2D eigenvalue weighted by molar-refractivity contribution is 8.00. The van der Waals surface area contributed by atoms with E-state index in [0.717, 1.165) is 17.5 Å². The van der Waals surface area contributed by atoms with E-state index in [9.17, 15) is 4.79 Å². The van der Waals surface area contributed by atoms with Crippen molar-refractivity contribution in [2.24, 2.45) is 0 Å². The third-order valence-corrected chi connectivity index (χ3v) is 6.72. The van der Waals surface area contributed by atoms with E-state index in [2.05, 4.69) is 29.3 Å². The summed E-state index contributed by atoms with van der Waals surface area (Å²) in [4.78, 5) is 13.0. The SMILES string of the molecule is CCc1ccc(C(=O)C(C)Sc2nnc(-c3ccccc3Cl)n2Cc2ccccc2)cc1. The monoisotopic (exact) mass is 461 g/mol. The van der Waals surface area contributed by atoms with Crippen LogP contribution in [0.1, 0.15) is 35.3 Å². The number of Topliss-reactive ketones (excluding diaryl/α,β-unsaturated/α-hetero) is 1. The molecule has 4 rings (SSSR count). The van der Waals surface area contributed by atoms with Gasteiger partial charge in [-0.2, -0.15) is 0 Å². The summed E-state index contributed by atoms with van der Waals surface area (Å²) in [6.45, 7) is 4.60. The Morgan fingerprint density at radius 1 is 0.938 bits per heavy atom. The fraction of sp³-hybridized carbons (Fsp3) is 0.192. The molecule has 4 nitrogen and oxygen atoms in total. The number of thioether (sulfide) groups is 1. The molecule has 0 radical (unpaired) electrons. The van der Waals surface area contributed by atoms with Gasteiger partial charge in [0.15, 0.2) is 16.8 Å². The molecule has 6 heteroatoms. The highest BCUT2D eigenvalue weighted by Crippen LogP contribution is 2.32. The Balaban J connectivity index is 1.65. The third-order valence-electron chi connectivity index (χ3n) is 5.31. The van der Waals surface area contributed by atoms with Gasteiger partial charge in [0.05, 0.1) is 16.8 Å². The van der Waals surface area contributed by atoms with E-state index in [-0.39, 0.29) is 11.0 Å². The van der Waals surface area contributed by atoms with Gasteiger partial charge in [-0.25, -0.2) is 0 Å². The molecular formula is C26H24ClN3OS. The molecule has 0 N–H and O–H groups in total. The molecule has 0 bridgehead atoms. The number of carbonyl (C=O) groups is 1. The molecule has 4 aromatic rings. The first-order valence-corrected chi connectivity index (χ1v) is 11.8. The molecule has 1 unspecified atom stereocenters. The first kappa shape index (κ1) is 22.3. The standard InChI is InChI=1S/C26H24ClN3OS/c1-3-19-13-15-21(16-14-19)24(31)18(2)32-26-29-28-25(22-11-7-8-12-23(22)27)30(26)17-20-9-5-4-6-10-20/h4-16,18H,3,17H2,1-2H3. The maximum Gasteiger partial charge on any atom is 0.192 e. The molecular weight excluding hydrogens is 438 g/mol. The van der Waals surface area contributed by atoms with Crippen molar-refractivity contribution in [3.63, 3.8) is 0 Å². The minimum Gasteiger partial charge on any atom is -0.297 e. The maximum absolute atomic E-state index is 13.0. The van der Waals surface area contributed by atoms with E-state index in [4.69, 9.17) is 11.6 Å². The normalized spacial score (nSPS) is 12.0. The number of hydrogen-bond acceptors (Lipinski definition) is 4. The predicted octanol–water partition coefficient (Wildman–Crippen LogP) is 6.57. The molecule has 0 saturated heterocycles. The molecule has 0 aliphatic rings. The molecule has 0 aliphatic carbocycles. The molecule has 32 heavy (non-hydrogen) atoms. The second kappa shape index (κ2) is 10.2. The summed E-state index contributed by atoms with van der Waals surface area (Å²) in [7, 11) is 0. The second-order valence-corrected chi connectivity index (χ2v) is 9.25. The largest absolute Gasteiger partial charge is 0.297 e.